The monoisotopic (exact) mass is 232 g/mol. The van der Waals surface area contributed by atoms with Crippen LogP contribution in [0.1, 0.15) is 6.92 Å². The maximum atomic E-state index is 13.3. The van der Waals surface area contributed by atoms with E-state index in [1.165, 1.54) is 12.1 Å². The largest absolute Gasteiger partial charge is 0.505 e. The summed E-state index contributed by atoms with van der Waals surface area (Å²) in [6, 6.07) is 11.7. The molecule has 0 aromatic heterocycles. The van der Waals surface area contributed by atoms with E-state index in [4.69, 9.17) is 9.84 Å². The molecule has 2 aromatic carbocycles. The molecule has 0 aliphatic carbocycles. The summed E-state index contributed by atoms with van der Waals surface area (Å²) >= 11 is 0. The Morgan fingerprint density at radius 1 is 1.18 bits per heavy atom. The minimum atomic E-state index is -0.631. The van der Waals surface area contributed by atoms with Crippen LogP contribution in [0.3, 0.4) is 0 Å². The lowest BCUT2D eigenvalue weighted by atomic mass is 10.0. The summed E-state index contributed by atoms with van der Waals surface area (Å²) in [6.07, 6.45) is 0. The Morgan fingerprint density at radius 2 is 1.94 bits per heavy atom. The first kappa shape index (κ1) is 11.5. The van der Waals surface area contributed by atoms with Crippen molar-refractivity contribution in [3.63, 3.8) is 0 Å². The van der Waals surface area contributed by atoms with Gasteiger partial charge in [0, 0.05) is 5.56 Å². The number of hydrogen-bond acceptors (Lipinski definition) is 2. The van der Waals surface area contributed by atoms with Crippen molar-refractivity contribution in [3.8, 4) is 22.6 Å². The van der Waals surface area contributed by atoms with Gasteiger partial charge in [-0.25, -0.2) is 4.39 Å². The van der Waals surface area contributed by atoms with E-state index >= 15 is 0 Å². The summed E-state index contributed by atoms with van der Waals surface area (Å²) in [5.41, 5.74) is 1.50. The summed E-state index contributed by atoms with van der Waals surface area (Å²) in [6.45, 7) is 2.45. The number of aromatic hydroxyl groups is 1. The number of phenolic OH excluding ortho intramolecular Hbond substituents is 1. The number of para-hydroxylation sites is 1. The van der Waals surface area contributed by atoms with Gasteiger partial charge >= 0.3 is 0 Å². The highest BCUT2D eigenvalue weighted by Gasteiger charge is 2.08. The molecule has 2 nitrogen and oxygen atoms in total. The molecule has 0 atom stereocenters. The summed E-state index contributed by atoms with van der Waals surface area (Å²) in [7, 11) is 0. The van der Waals surface area contributed by atoms with Gasteiger partial charge in [-0.05, 0) is 30.7 Å². The third-order valence-corrected chi connectivity index (χ3v) is 2.45. The van der Waals surface area contributed by atoms with E-state index in [-0.39, 0.29) is 5.75 Å². The van der Waals surface area contributed by atoms with Crippen molar-refractivity contribution in [2.24, 2.45) is 0 Å². The Labute approximate surface area is 99.3 Å². The van der Waals surface area contributed by atoms with Crippen molar-refractivity contribution in [1.29, 1.82) is 0 Å². The standard InChI is InChI=1S/C14H13FO2/c1-2-17-14-6-4-3-5-11(14)10-7-8-13(16)12(15)9-10/h3-9,16H,2H2,1H3. The highest BCUT2D eigenvalue weighted by Crippen LogP contribution is 2.31. The van der Waals surface area contributed by atoms with Crippen molar-refractivity contribution >= 4 is 0 Å². The quantitative estimate of drug-likeness (QED) is 0.876. The SMILES string of the molecule is CCOc1ccccc1-c1ccc(O)c(F)c1. The molecule has 0 aliphatic rings. The molecule has 2 rings (SSSR count). The Kier molecular flexibility index (Phi) is 3.28. The molecule has 0 fully saturated rings. The fourth-order valence-electron chi connectivity index (χ4n) is 1.66. The summed E-state index contributed by atoms with van der Waals surface area (Å²) < 4.78 is 18.8. The van der Waals surface area contributed by atoms with Gasteiger partial charge in [-0.2, -0.15) is 0 Å². The van der Waals surface area contributed by atoms with Crippen molar-refractivity contribution in [3.05, 3.63) is 48.3 Å². The molecule has 1 N–H and O–H groups in total. The summed E-state index contributed by atoms with van der Waals surface area (Å²) in [5, 5.41) is 9.16. The van der Waals surface area contributed by atoms with Gasteiger partial charge in [-0.1, -0.05) is 24.3 Å². The third kappa shape index (κ3) is 2.38. The van der Waals surface area contributed by atoms with Gasteiger partial charge in [0.2, 0.25) is 0 Å². The summed E-state index contributed by atoms with van der Waals surface area (Å²) in [5.74, 6) is -0.267. The van der Waals surface area contributed by atoms with Crippen LogP contribution >= 0.6 is 0 Å². The van der Waals surface area contributed by atoms with Crippen LogP contribution in [0, 0.1) is 5.82 Å². The number of ether oxygens (including phenoxy) is 1. The van der Waals surface area contributed by atoms with Crippen LogP contribution in [-0.4, -0.2) is 11.7 Å². The molecule has 0 saturated heterocycles. The molecule has 0 bridgehead atoms. The molecule has 0 amide bonds. The fourth-order valence-corrected chi connectivity index (χ4v) is 1.66. The smallest absolute Gasteiger partial charge is 0.165 e. The second-order valence-electron chi connectivity index (χ2n) is 3.60. The van der Waals surface area contributed by atoms with Crippen molar-refractivity contribution in [1.82, 2.24) is 0 Å². The topological polar surface area (TPSA) is 29.5 Å². The van der Waals surface area contributed by atoms with E-state index in [0.717, 1.165) is 5.56 Å². The molecule has 88 valence electrons. The molecule has 0 aliphatic heterocycles. The van der Waals surface area contributed by atoms with Crippen molar-refractivity contribution < 1.29 is 14.2 Å². The molecule has 3 heteroatoms. The Bertz CT molecular complexity index is 523. The zero-order valence-corrected chi connectivity index (χ0v) is 9.48. The van der Waals surface area contributed by atoms with Crippen LogP contribution in [0.4, 0.5) is 4.39 Å². The van der Waals surface area contributed by atoms with Crippen LogP contribution in [0.2, 0.25) is 0 Å². The molecule has 0 heterocycles. The van der Waals surface area contributed by atoms with Crippen LogP contribution in [-0.2, 0) is 0 Å². The van der Waals surface area contributed by atoms with Crippen molar-refractivity contribution in [2.45, 2.75) is 6.92 Å². The lowest BCUT2D eigenvalue weighted by molar-refractivity contribution is 0.341. The van der Waals surface area contributed by atoms with Gasteiger partial charge in [-0.15, -0.1) is 0 Å². The molecule has 2 aromatic rings. The third-order valence-electron chi connectivity index (χ3n) is 2.45. The fraction of sp³-hybridized carbons (Fsp3) is 0.143. The van der Waals surface area contributed by atoms with Crippen LogP contribution in [0.15, 0.2) is 42.5 Å². The van der Waals surface area contributed by atoms with Crippen LogP contribution < -0.4 is 4.74 Å². The summed E-state index contributed by atoms with van der Waals surface area (Å²) in [4.78, 5) is 0. The second-order valence-corrected chi connectivity index (χ2v) is 3.60. The van der Waals surface area contributed by atoms with Crippen molar-refractivity contribution in [2.75, 3.05) is 6.61 Å². The lowest BCUT2D eigenvalue weighted by Gasteiger charge is -2.10. The zero-order chi connectivity index (χ0) is 12.3. The predicted octanol–water partition coefficient (Wildman–Crippen LogP) is 3.60. The van der Waals surface area contributed by atoms with Gasteiger partial charge in [0.15, 0.2) is 11.6 Å². The first-order valence-electron chi connectivity index (χ1n) is 5.43. The molecule has 0 saturated carbocycles. The first-order chi connectivity index (χ1) is 8.22. The number of benzene rings is 2. The molecule has 17 heavy (non-hydrogen) atoms. The number of halogens is 1. The Hall–Kier alpha value is -2.03. The average Bonchev–Trinajstić information content (AvgIpc) is 2.34. The number of phenols is 1. The maximum Gasteiger partial charge on any atom is 0.165 e. The van der Waals surface area contributed by atoms with E-state index in [1.807, 2.05) is 31.2 Å². The minimum Gasteiger partial charge on any atom is -0.505 e. The molecular weight excluding hydrogens is 219 g/mol. The second kappa shape index (κ2) is 4.87. The van der Waals surface area contributed by atoms with Crippen LogP contribution in [0.5, 0.6) is 11.5 Å². The van der Waals surface area contributed by atoms with Gasteiger partial charge in [0.1, 0.15) is 5.75 Å². The first-order valence-corrected chi connectivity index (χ1v) is 5.43. The maximum absolute atomic E-state index is 13.3. The normalized spacial score (nSPS) is 10.2. The average molecular weight is 232 g/mol. The molecule has 0 radical (unpaired) electrons. The van der Waals surface area contributed by atoms with E-state index in [1.54, 1.807) is 6.07 Å². The molecular formula is C14H13FO2. The Morgan fingerprint density at radius 3 is 2.65 bits per heavy atom. The van der Waals surface area contributed by atoms with Gasteiger partial charge in [0.25, 0.3) is 0 Å². The van der Waals surface area contributed by atoms with E-state index in [9.17, 15) is 4.39 Å². The molecule has 0 unspecified atom stereocenters. The van der Waals surface area contributed by atoms with Gasteiger partial charge in [0.05, 0.1) is 6.61 Å². The predicted molar refractivity (Wildman–Crippen MR) is 64.7 cm³/mol. The Balaban J connectivity index is 2.48. The van der Waals surface area contributed by atoms with Crippen LogP contribution in [0.25, 0.3) is 11.1 Å². The van der Waals surface area contributed by atoms with E-state index in [0.29, 0.717) is 17.9 Å². The van der Waals surface area contributed by atoms with Gasteiger partial charge in [-0.3, -0.25) is 0 Å². The lowest BCUT2D eigenvalue weighted by Crippen LogP contribution is -1.93. The van der Waals surface area contributed by atoms with E-state index in [2.05, 4.69) is 0 Å². The highest BCUT2D eigenvalue weighted by molar-refractivity contribution is 5.70. The van der Waals surface area contributed by atoms with Gasteiger partial charge < -0.3 is 9.84 Å². The number of rotatable bonds is 3. The number of hydrogen-bond donors (Lipinski definition) is 1. The highest BCUT2D eigenvalue weighted by atomic mass is 19.1. The minimum absolute atomic E-state index is 0.345. The van der Waals surface area contributed by atoms with E-state index < -0.39 is 5.82 Å². The molecule has 0 spiro atoms. The zero-order valence-electron chi connectivity index (χ0n) is 9.48.